The van der Waals surface area contributed by atoms with Crippen molar-refractivity contribution >= 4 is 34.6 Å². The predicted octanol–water partition coefficient (Wildman–Crippen LogP) is 3.90. The third-order valence-corrected chi connectivity index (χ3v) is 5.83. The van der Waals surface area contributed by atoms with E-state index in [0.717, 1.165) is 11.3 Å². The number of hydrogen-bond donors (Lipinski definition) is 0. The molecule has 7 heteroatoms. The molecule has 0 radical (unpaired) electrons. The molecular weight excluding hydrogens is 370 g/mol. The monoisotopic (exact) mass is 387 g/mol. The molecule has 1 amide bonds. The molecule has 1 atom stereocenters. The van der Waals surface area contributed by atoms with Crippen LogP contribution in [0.3, 0.4) is 0 Å². The van der Waals surface area contributed by atoms with E-state index in [2.05, 4.69) is 11.1 Å². The highest BCUT2D eigenvalue weighted by Gasteiger charge is 2.33. The summed E-state index contributed by atoms with van der Waals surface area (Å²) in [6.07, 6.45) is 1.21. The Morgan fingerprint density at radius 3 is 2.54 bits per heavy atom. The number of likely N-dealkylation sites (tertiary alicyclic amines) is 1. The van der Waals surface area contributed by atoms with Crippen LogP contribution in [0.25, 0.3) is 11.3 Å². The predicted molar refractivity (Wildman–Crippen MR) is 101 cm³/mol. The summed E-state index contributed by atoms with van der Waals surface area (Å²) in [6.45, 7) is 2.67. The fourth-order valence-electron chi connectivity index (χ4n) is 3.13. The molecule has 0 saturated carbocycles. The molecule has 1 aliphatic rings. The van der Waals surface area contributed by atoms with Gasteiger partial charge in [-0.1, -0.05) is 23.7 Å². The second kappa shape index (κ2) is 7.98. The lowest BCUT2D eigenvalue weighted by Gasteiger charge is -2.31. The number of halogens is 1. The Bertz CT molecular complexity index is 848. The lowest BCUT2D eigenvalue weighted by atomic mass is 9.86. The minimum Gasteiger partial charge on any atom is -0.343 e. The van der Waals surface area contributed by atoms with E-state index in [-0.39, 0.29) is 17.6 Å². The Labute approximate surface area is 161 Å². The molecule has 0 aliphatic carbocycles. The van der Waals surface area contributed by atoms with Crippen LogP contribution in [-0.4, -0.2) is 34.7 Å². The number of carbonyl (C=O) groups excluding carboxylic acids is 2. The zero-order chi connectivity index (χ0) is 18.7. The van der Waals surface area contributed by atoms with Crippen LogP contribution in [-0.2, 0) is 9.59 Å². The average molecular weight is 388 g/mol. The van der Waals surface area contributed by atoms with Crippen molar-refractivity contribution in [2.24, 2.45) is 5.92 Å². The summed E-state index contributed by atoms with van der Waals surface area (Å²) in [5.74, 6) is -1.11. The number of Topliss-reactive ketones (excluding diaryl/α,β-unsaturated/α-hetero) is 1. The van der Waals surface area contributed by atoms with Gasteiger partial charge in [0.15, 0.2) is 11.7 Å². The lowest BCUT2D eigenvalue weighted by Crippen LogP contribution is -2.40. The molecule has 1 fully saturated rings. The molecular formula is C19H18ClN3O2S. The molecule has 1 aromatic carbocycles. The molecule has 1 aromatic heterocycles. The third kappa shape index (κ3) is 3.95. The van der Waals surface area contributed by atoms with Gasteiger partial charge in [0.25, 0.3) is 0 Å². The highest BCUT2D eigenvalue weighted by molar-refractivity contribution is 7.10. The number of hydrogen-bond acceptors (Lipinski definition) is 5. The van der Waals surface area contributed by atoms with Crippen molar-refractivity contribution in [2.45, 2.75) is 25.7 Å². The fourth-order valence-corrected chi connectivity index (χ4v) is 4.13. The van der Waals surface area contributed by atoms with Crippen molar-refractivity contribution < 1.29 is 9.59 Å². The van der Waals surface area contributed by atoms with Gasteiger partial charge >= 0.3 is 0 Å². The number of benzene rings is 1. The smallest absolute Gasteiger partial charge is 0.219 e. The first-order valence-electron chi connectivity index (χ1n) is 8.40. The summed E-state index contributed by atoms with van der Waals surface area (Å²) < 4.78 is 0. The van der Waals surface area contributed by atoms with E-state index in [9.17, 15) is 14.9 Å². The van der Waals surface area contributed by atoms with E-state index < -0.39 is 5.92 Å². The van der Waals surface area contributed by atoms with Crippen molar-refractivity contribution in [3.05, 3.63) is 39.7 Å². The number of thiazole rings is 1. The van der Waals surface area contributed by atoms with Gasteiger partial charge in [0.1, 0.15) is 5.01 Å². The molecule has 0 spiro atoms. The Morgan fingerprint density at radius 1 is 1.31 bits per heavy atom. The number of carbonyl (C=O) groups is 2. The van der Waals surface area contributed by atoms with Crippen LogP contribution in [0.1, 0.15) is 30.7 Å². The van der Waals surface area contributed by atoms with Crippen molar-refractivity contribution in [3.8, 4) is 17.3 Å². The van der Waals surface area contributed by atoms with Gasteiger partial charge in [-0.05, 0) is 25.0 Å². The molecule has 3 rings (SSSR count). The van der Waals surface area contributed by atoms with Crippen molar-refractivity contribution in [2.75, 3.05) is 13.1 Å². The Kier molecular flexibility index (Phi) is 5.70. The van der Waals surface area contributed by atoms with Gasteiger partial charge in [0.05, 0.1) is 11.8 Å². The second-order valence-corrected chi connectivity index (χ2v) is 7.65. The fraction of sp³-hybridized carbons (Fsp3) is 0.368. The number of aromatic nitrogens is 1. The van der Waals surface area contributed by atoms with Crippen molar-refractivity contribution in [1.82, 2.24) is 9.88 Å². The first-order valence-corrected chi connectivity index (χ1v) is 9.65. The molecule has 2 aromatic rings. The van der Waals surface area contributed by atoms with E-state index in [1.165, 1.54) is 18.3 Å². The standard InChI is InChI=1S/C19H18ClN3O2S/c1-12(24)23-8-6-14(7-9-23)18(25)16(10-21)19-22-17(11-26-19)13-2-4-15(20)5-3-13/h2-5,11,14,16H,6-9H2,1H3. The second-order valence-electron chi connectivity index (χ2n) is 6.32. The maximum absolute atomic E-state index is 12.8. The highest BCUT2D eigenvalue weighted by Crippen LogP contribution is 2.31. The Hall–Kier alpha value is -2.23. The number of ketones is 1. The first kappa shape index (κ1) is 18.6. The zero-order valence-corrected chi connectivity index (χ0v) is 15.9. The van der Waals surface area contributed by atoms with Gasteiger partial charge in [-0.15, -0.1) is 11.3 Å². The molecule has 1 unspecified atom stereocenters. The number of amides is 1. The normalized spacial score (nSPS) is 16.1. The van der Waals surface area contributed by atoms with Crippen molar-refractivity contribution in [3.63, 3.8) is 0 Å². The van der Waals surface area contributed by atoms with Crippen LogP contribution in [0.15, 0.2) is 29.6 Å². The topological polar surface area (TPSA) is 74.1 Å². The van der Waals surface area contributed by atoms with Crippen LogP contribution in [0.2, 0.25) is 5.02 Å². The quantitative estimate of drug-likeness (QED) is 0.797. The zero-order valence-electron chi connectivity index (χ0n) is 14.3. The minimum absolute atomic E-state index is 0.0280. The Morgan fingerprint density at radius 2 is 1.96 bits per heavy atom. The Balaban J connectivity index is 1.73. The average Bonchev–Trinajstić information content (AvgIpc) is 3.12. The lowest BCUT2D eigenvalue weighted by molar-refractivity contribution is -0.133. The molecule has 134 valence electrons. The summed E-state index contributed by atoms with van der Waals surface area (Å²) in [5.41, 5.74) is 1.64. The third-order valence-electron chi connectivity index (χ3n) is 4.67. The van der Waals surface area contributed by atoms with Crippen LogP contribution in [0.4, 0.5) is 0 Å². The van der Waals surface area contributed by atoms with Gasteiger partial charge < -0.3 is 4.90 Å². The summed E-state index contributed by atoms with van der Waals surface area (Å²) in [4.78, 5) is 30.5. The van der Waals surface area contributed by atoms with Crippen LogP contribution in [0.5, 0.6) is 0 Å². The number of piperidine rings is 1. The minimum atomic E-state index is -0.852. The van der Waals surface area contributed by atoms with Gasteiger partial charge in [-0.25, -0.2) is 4.98 Å². The number of nitrogens with zero attached hydrogens (tertiary/aromatic N) is 3. The molecule has 0 bridgehead atoms. The molecule has 26 heavy (non-hydrogen) atoms. The molecule has 1 saturated heterocycles. The highest BCUT2D eigenvalue weighted by atomic mass is 35.5. The van der Waals surface area contributed by atoms with Crippen LogP contribution in [0, 0.1) is 17.2 Å². The van der Waals surface area contributed by atoms with E-state index in [4.69, 9.17) is 11.6 Å². The summed E-state index contributed by atoms with van der Waals surface area (Å²) in [5, 5.41) is 12.6. The SMILES string of the molecule is CC(=O)N1CCC(C(=O)C(C#N)c2nc(-c3ccc(Cl)cc3)cs2)CC1. The van der Waals surface area contributed by atoms with Gasteiger partial charge in [0, 0.05) is 41.9 Å². The van der Waals surface area contributed by atoms with Gasteiger partial charge in [-0.2, -0.15) is 5.26 Å². The van der Waals surface area contributed by atoms with Crippen molar-refractivity contribution in [1.29, 1.82) is 5.26 Å². The number of nitriles is 1. The molecule has 2 heterocycles. The van der Waals surface area contributed by atoms with Crippen LogP contribution < -0.4 is 0 Å². The summed E-state index contributed by atoms with van der Waals surface area (Å²) in [6, 6.07) is 9.41. The summed E-state index contributed by atoms with van der Waals surface area (Å²) in [7, 11) is 0. The first-order chi connectivity index (χ1) is 12.5. The van der Waals surface area contributed by atoms with E-state index in [1.54, 1.807) is 17.0 Å². The summed E-state index contributed by atoms with van der Waals surface area (Å²) >= 11 is 7.23. The van der Waals surface area contributed by atoms with E-state index in [0.29, 0.717) is 36.0 Å². The molecule has 5 nitrogen and oxygen atoms in total. The van der Waals surface area contributed by atoms with E-state index >= 15 is 0 Å². The van der Waals surface area contributed by atoms with Gasteiger partial charge in [-0.3, -0.25) is 9.59 Å². The van der Waals surface area contributed by atoms with Gasteiger partial charge in [0.2, 0.25) is 5.91 Å². The maximum atomic E-state index is 12.8. The number of rotatable bonds is 4. The van der Waals surface area contributed by atoms with Crippen LogP contribution >= 0.6 is 22.9 Å². The van der Waals surface area contributed by atoms with E-state index in [1.807, 2.05) is 17.5 Å². The maximum Gasteiger partial charge on any atom is 0.219 e. The largest absolute Gasteiger partial charge is 0.343 e. The molecule has 1 aliphatic heterocycles. The molecule has 0 N–H and O–H groups in total.